The average Bonchev–Trinajstić information content (AvgIpc) is 3.24. The molecule has 0 fully saturated rings. The maximum absolute atomic E-state index is 13.7. The molecule has 0 aliphatic heterocycles. The number of allylic oxidation sites excluding steroid dienone is 4. The molecule has 0 spiro atoms. The number of hydrogen-bond acceptors (Lipinski definition) is 10. The molecule has 0 bridgehead atoms. The van der Waals surface area contributed by atoms with E-state index in [1.165, 1.54) is 28.4 Å². The predicted molar refractivity (Wildman–Crippen MR) is 206 cm³/mol. The number of ether oxygens (including phenoxy) is 4. The molecule has 0 radical (unpaired) electrons. The topological polar surface area (TPSA) is 112 Å². The fraction of sp³-hybridized carbons (Fsp3) is 0.182. The zero-order valence-electron chi connectivity index (χ0n) is 30.4. The molecular formula is C44H40N2O8. The minimum atomic E-state index is -1.38. The van der Waals surface area contributed by atoms with Crippen LogP contribution in [0, 0.1) is 0 Å². The van der Waals surface area contributed by atoms with Crippen molar-refractivity contribution in [3.05, 3.63) is 157 Å². The maximum atomic E-state index is 13.7. The van der Waals surface area contributed by atoms with Crippen LogP contribution < -0.4 is 9.80 Å². The highest BCUT2D eigenvalue weighted by Gasteiger charge is 2.48. The summed E-state index contributed by atoms with van der Waals surface area (Å²) in [7, 11) is 5.27. The van der Waals surface area contributed by atoms with Crippen molar-refractivity contribution in [1.29, 1.82) is 0 Å². The van der Waals surface area contributed by atoms with Gasteiger partial charge in [-0.25, -0.2) is 19.2 Å². The minimum Gasteiger partial charge on any atom is -0.467 e. The summed E-state index contributed by atoms with van der Waals surface area (Å²) in [6.07, 6.45) is 10.2. The molecule has 0 N–H and O–H groups in total. The highest BCUT2D eigenvalue weighted by atomic mass is 16.5. The number of hydrogen-bond donors (Lipinski definition) is 0. The summed E-state index contributed by atoms with van der Waals surface area (Å²) in [5, 5.41) is 0. The Kier molecular flexibility index (Phi) is 10.9. The Morgan fingerprint density at radius 3 is 1.11 bits per heavy atom. The summed E-state index contributed by atoms with van der Waals surface area (Å²) < 4.78 is 20.7. The zero-order valence-corrected chi connectivity index (χ0v) is 30.4. The van der Waals surface area contributed by atoms with E-state index in [9.17, 15) is 19.2 Å². The Hall–Kier alpha value is -6.68. The van der Waals surface area contributed by atoms with Crippen molar-refractivity contribution >= 4 is 46.6 Å². The molecule has 4 aromatic rings. The van der Waals surface area contributed by atoms with Gasteiger partial charge in [0.15, 0.2) is 11.1 Å². The number of benzene rings is 4. The van der Waals surface area contributed by atoms with Crippen LogP contribution in [0.1, 0.15) is 12.8 Å². The van der Waals surface area contributed by atoms with E-state index in [1.54, 1.807) is 36.5 Å². The molecule has 0 saturated carbocycles. The molecular weight excluding hydrogens is 684 g/mol. The van der Waals surface area contributed by atoms with Gasteiger partial charge in [0.05, 0.1) is 28.4 Å². The van der Waals surface area contributed by atoms with Gasteiger partial charge in [-0.15, -0.1) is 0 Å². The molecule has 0 saturated heterocycles. The van der Waals surface area contributed by atoms with Crippen molar-refractivity contribution in [2.24, 2.45) is 0 Å². The van der Waals surface area contributed by atoms with Crippen molar-refractivity contribution in [2.45, 2.75) is 23.9 Å². The molecule has 2 atom stereocenters. The summed E-state index contributed by atoms with van der Waals surface area (Å²) in [6.45, 7) is 0. The molecule has 0 heterocycles. The lowest BCUT2D eigenvalue weighted by Crippen LogP contribution is -2.53. The number of para-hydroxylation sites is 2. The van der Waals surface area contributed by atoms with Crippen LogP contribution in [0.25, 0.3) is 11.1 Å². The van der Waals surface area contributed by atoms with E-state index in [0.29, 0.717) is 22.5 Å². The average molecular weight is 725 g/mol. The van der Waals surface area contributed by atoms with E-state index < -0.39 is 35.0 Å². The maximum Gasteiger partial charge on any atom is 0.336 e. The number of rotatable bonds is 11. The van der Waals surface area contributed by atoms with Crippen LogP contribution in [0.5, 0.6) is 0 Å². The second-order valence-corrected chi connectivity index (χ2v) is 12.7. The third kappa shape index (κ3) is 6.93. The van der Waals surface area contributed by atoms with Gasteiger partial charge in [-0.2, -0.15) is 0 Å². The van der Waals surface area contributed by atoms with E-state index in [0.717, 1.165) is 22.5 Å². The summed E-state index contributed by atoms with van der Waals surface area (Å²) >= 11 is 0. The fourth-order valence-electron chi connectivity index (χ4n) is 7.11. The van der Waals surface area contributed by atoms with Gasteiger partial charge in [0.1, 0.15) is 0 Å². The summed E-state index contributed by atoms with van der Waals surface area (Å²) in [6, 6.07) is 34.4. The van der Waals surface area contributed by atoms with Crippen molar-refractivity contribution < 1.29 is 38.1 Å². The molecule has 10 heteroatoms. The molecule has 2 aliphatic rings. The lowest BCUT2D eigenvalue weighted by molar-refractivity contribution is -0.146. The van der Waals surface area contributed by atoms with Crippen LogP contribution in [-0.4, -0.2) is 63.4 Å². The van der Waals surface area contributed by atoms with Crippen LogP contribution >= 0.6 is 0 Å². The number of carbonyl (C=O) groups is 4. The lowest BCUT2D eigenvalue weighted by atomic mass is 9.83. The van der Waals surface area contributed by atoms with Crippen molar-refractivity contribution in [1.82, 2.24) is 0 Å². The van der Waals surface area contributed by atoms with Crippen LogP contribution in [0.4, 0.5) is 22.7 Å². The van der Waals surface area contributed by atoms with Gasteiger partial charge in [-0.3, -0.25) is 0 Å². The zero-order chi connectivity index (χ0) is 38.3. The molecule has 10 nitrogen and oxygen atoms in total. The van der Waals surface area contributed by atoms with Gasteiger partial charge < -0.3 is 28.7 Å². The first-order chi connectivity index (χ1) is 26.2. The summed E-state index contributed by atoms with van der Waals surface area (Å²) in [5.74, 6) is -2.12. The van der Waals surface area contributed by atoms with Gasteiger partial charge in [0.25, 0.3) is 0 Å². The largest absolute Gasteiger partial charge is 0.467 e. The number of anilines is 4. The number of esters is 4. The fourth-order valence-corrected chi connectivity index (χ4v) is 7.11. The molecule has 0 amide bonds. The third-order valence-electron chi connectivity index (χ3n) is 9.64. The Morgan fingerprint density at radius 1 is 0.463 bits per heavy atom. The molecule has 2 aliphatic carbocycles. The first-order valence-electron chi connectivity index (χ1n) is 17.2. The molecule has 6 rings (SSSR count). The summed E-state index contributed by atoms with van der Waals surface area (Å²) in [4.78, 5) is 56.5. The molecule has 0 aromatic heterocycles. The number of nitrogens with zero attached hydrogens (tertiary/aromatic N) is 2. The number of carbonyl (C=O) groups excluding carboxylic acids is 4. The Bertz CT molecular complexity index is 1990. The van der Waals surface area contributed by atoms with E-state index in [2.05, 4.69) is 0 Å². The van der Waals surface area contributed by atoms with Gasteiger partial charge in [0.2, 0.25) is 0 Å². The van der Waals surface area contributed by atoms with E-state index >= 15 is 0 Å². The van der Waals surface area contributed by atoms with E-state index in [1.807, 2.05) is 119 Å². The summed E-state index contributed by atoms with van der Waals surface area (Å²) in [5.41, 5.74) is 2.51. The molecule has 274 valence electrons. The number of methoxy groups -OCH3 is 4. The Morgan fingerprint density at radius 2 is 0.796 bits per heavy atom. The lowest BCUT2D eigenvalue weighted by Gasteiger charge is -2.42. The first-order valence-corrected chi connectivity index (χ1v) is 17.2. The van der Waals surface area contributed by atoms with E-state index in [4.69, 9.17) is 18.9 Å². The standard InChI is InChI=1S/C44H40N2O8/c1-51-39(47)33-13-11-27-43(29-33,41(49)53-3)45(35-15-7-5-8-16-35)37-23-19-31(20-24-37)32-21-25-38(26-22-32)46(36-17-9-6-10-18-36)44(42(50)54-4)28-12-14-34(30-44)40(48)52-2/h5-28H,29-30H2,1-4H3. The van der Waals surface area contributed by atoms with Crippen molar-refractivity contribution in [2.75, 3.05) is 38.2 Å². The van der Waals surface area contributed by atoms with Gasteiger partial charge in [0, 0.05) is 46.7 Å². The van der Waals surface area contributed by atoms with Crippen LogP contribution in [0.3, 0.4) is 0 Å². The van der Waals surface area contributed by atoms with Crippen LogP contribution in [0.15, 0.2) is 157 Å². The monoisotopic (exact) mass is 724 g/mol. The Balaban J connectivity index is 1.38. The van der Waals surface area contributed by atoms with Crippen molar-refractivity contribution in [3.8, 4) is 11.1 Å². The second-order valence-electron chi connectivity index (χ2n) is 12.7. The Labute approximate surface area is 314 Å². The molecule has 2 unspecified atom stereocenters. The highest BCUT2D eigenvalue weighted by Crippen LogP contribution is 2.43. The predicted octanol–water partition coefficient (Wildman–Crippen LogP) is 7.57. The van der Waals surface area contributed by atoms with E-state index in [-0.39, 0.29) is 12.8 Å². The second kappa shape index (κ2) is 15.9. The van der Waals surface area contributed by atoms with Crippen LogP contribution in [-0.2, 0) is 38.1 Å². The van der Waals surface area contributed by atoms with Gasteiger partial charge in [-0.1, -0.05) is 85.0 Å². The normalized spacial score (nSPS) is 18.7. The molecule has 54 heavy (non-hydrogen) atoms. The molecule has 4 aromatic carbocycles. The quantitative estimate of drug-likeness (QED) is 0.113. The van der Waals surface area contributed by atoms with Crippen molar-refractivity contribution in [3.63, 3.8) is 0 Å². The SMILES string of the molecule is COC(=O)C1=CC=CC(C(=O)OC)(N(c2ccccc2)c2ccc(-c3ccc(N(c4ccccc4)C4(C(=O)OC)C=CC=C(C(=O)OC)C4)cc3)cc2)C1. The van der Waals surface area contributed by atoms with Crippen LogP contribution in [0.2, 0.25) is 0 Å². The minimum absolute atomic E-state index is 0.0258. The van der Waals surface area contributed by atoms with Gasteiger partial charge >= 0.3 is 23.9 Å². The smallest absolute Gasteiger partial charge is 0.336 e. The first kappa shape index (κ1) is 37.1. The third-order valence-corrected chi connectivity index (χ3v) is 9.64. The highest BCUT2D eigenvalue weighted by molar-refractivity contribution is 5.98. The van der Waals surface area contributed by atoms with Gasteiger partial charge in [-0.05, 0) is 71.8 Å².